The highest BCUT2D eigenvalue weighted by Crippen LogP contribution is 2.28. The number of halogens is 2. The molecule has 39 heavy (non-hydrogen) atoms. The highest BCUT2D eigenvalue weighted by Gasteiger charge is 2.19. The molecule has 0 fully saturated rings. The van der Waals surface area contributed by atoms with Gasteiger partial charge in [-0.25, -0.2) is 0 Å². The molecule has 0 amide bonds. The standard InChI is InChI=1S/C31H40Cl2N4S2/c1-10-22(18-34-30(39)31(6,7)8)28(33)26(11-2)35-21(5)37(9)27-16-19(3)25(15-20(27)4)29(38)36-24-14-12-13-23(32)17-24/h10,12-17,35H,5,11,18H2,1-4,6-9H3,(H,34,39)(H,36,38)/b22-10-,28-26-. The molecule has 0 heterocycles. The van der Waals surface area contributed by atoms with Crippen molar-refractivity contribution in [2.75, 3.05) is 23.8 Å². The SMILES string of the molecule is C=C(N/C(CC)=C(Cl)/C(=C\C)CNC(=S)C(C)(C)C)N(C)c1cc(C)c(C(=S)Nc2cccc(Cl)c2)cc1C. The largest absolute Gasteiger partial charge is 0.375 e. The molecule has 0 saturated heterocycles. The lowest BCUT2D eigenvalue weighted by atomic mass is 9.96. The molecule has 0 atom stereocenters. The summed E-state index contributed by atoms with van der Waals surface area (Å²) in [7, 11) is 1.99. The quantitative estimate of drug-likeness (QED) is 0.186. The van der Waals surface area contributed by atoms with Crippen LogP contribution >= 0.6 is 47.6 Å². The number of nitrogens with zero attached hydrogens (tertiary/aromatic N) is 1. The zero-order valence-electron chi connectivity index (χ0n) is 24.2. The molecule has 210 valence electrons. The maximum Gasteiger partial charge on any atom is 0.111 e. The zero-order chi connectivity index (χ0) is 29.5. The molecule has 0 bridgehead atoms. The van der Waals surface area contributed by atoms with Gasteiger partial charge in [0.15, 0.2) is 0 Å². The number of anilines is 2. The van der Waals surface area contributed by atoms with E-state index in [1.807, 2.05) is 49.2 Å². The fraction of sp³-hybridized carbons (Fsp3) is 0.355. The van der Waals surface area contributed by atoms with E-state index in [-0.39, 0.29) is 5.41 Å². The zero-order valence-corrected chi connectivity index (χ0v) is 27.3. The summed E-state index contributed by atoms with van der Waals surface area (Å²) in [6.07, 6.45) is 2.73. The van der Waals surface area contributed by atoms with E-state index in [9.17, 15) is 0 Å². The van der Waals surface area contributed by atoms with Crippen molar-refractivity contribution in [2.45, 2.75) is 54.9 Å². The Bertz CT molecular complexity index is 1310. The Morgan fingerprint density at radius 3 is 2.33 bits per heavy atom. The molecule has 2 aromatic rings. The van der Waals surface area contributed by atoms with Crippen LogP contribution in [0, 0.1) is 19.3 Å². The minimum atomic E-state index is -0.103. The van der Waals surface area contributed by atoms with E-state index in [1.54, 1.807) is 0 Å². The topological polar surface area (TPSA) is 39.3 Å². The van der Waals surface area contributed by atoms with Gasteiger partial charge < -0.3 is 20.9 Å². The number of thiocarbonyl (C=S) groups is 2. The molecule has 0 aliphatic carbocycles. The van der Waals surface area contributed by atoms with Crippen LogP contribution in [0.1, 0.15) is 57.7 Å². The summed E-state index contributed by atoms with van der Waals surface area (Å²) in [5, 5.41) is 11.4. The van der Waals surface area contributed by atoms with Gasteiger partial charge in [-0.2, -0.15) is 0 Å². The molecule has 0 saturated carbocycles. The molecule has 3 N–H and O–H groups in total. The number of benzene rings is 2. The van der Waals surface area contributed by atoms with E-state index < -0.39 is 0 Å². The molecule has 0 aromatic heterocycles. The first-order chi connectivity index (χ1) is 18.2. The fourth-order valence-corrected chi connectivity index (χ4v) is 4.77. The van der Waals surface area contributed by atoms with Crippen LogP contribution in [-0.2, 0) is 0 Å². The maximum absolute atomic E-state index is 6.87. The normalized spacial score (nSPS) is 12.4. The Kier molecular flexibility index (Phi) is 12.0. The van der Waals surface area contributed by atoms with Crippen molar-refractivity contribution < 1.29 is 0 Å². The number of aryl methyl sites for hydroxylation is 2. The summed E-state index contributed by atoms with van der Waals surface area (Å²) in [4.78, 5) is 3.48. The van der Waals surface area contributed by atoms with E-state index in [2.05, 4.69) is 76.2 Å². The van der Waals surface area contributed by atoms with Crippen LogP contribution in [0.3, 0.4) is 0 Å². The lowest BCUT2D eigenvalue weighted by Gasteiger charge is -2.27. The van der Waals surface area contributed by atoms with E-state index in [4.69, 9.17) is 47.6 Å². The first-order valence-electron chi connectivity index (χ1n) is 12.9. The molecule has 0 aliphatic rings. The molecule has 8 heteroatoms. The van der Waals surface area contributed by atoms with Crippen LogP contribution in [0.25, 0.3) is 0 Å². The van der Waals surface area contributed by atoms with E-state index >= 15 is 0 Å². The average molecular weight is 604 g/mol. The molecular formula is C31H40Cl2N4S2. The van der Waals surface area contributed by atoms with Crippen LogP contribution in [0.5, 0.6) is 0 Å². The van der Waals surface area contributed by atoms with Gasteiger partial charge in [0.1, 0.15) is 10.8 Å². The van der Waals surface area contributed by atoms with Crippen molar-refractivity contribution in [3.8, 4) is 0 Å². The predicted octanol–water partition coefficient (Wildman–Crippen LogP) is 9.01. The third-order valence-corrected chi connectivity index (χ3v) is 8.09. The van der Waals surface area contributed by atoms with Crippen molar-refractivity contribution >= 4 is 69.0 Å². The van der Waals surface area contributed by atoms with Crippen molar-refractivity contribution in [1.29, 1.82) is 0 Å². The van der Waals surface area contributed by atoms with Crippen molar-refractivity contribution in [2.24, 2.45) is 5.41 Å². The van der Waals surface area contributed by atoms with Gasteiger partial charge in [0.25, 0.3) is 0 Å². The van der Waals surface area contributed by atoms with E-state index in [0.717, 1.165) is 44.3 Å². The number of rotatable bonds is 10. The van der Waals surface area contributed by atoms with Crippen molar-refractivity contribution in [3.05, 3.63) is 92.9 Å². The van der Waals surface area contributed by atoms with Crippen LogP contribution in [0.4, 0.5) is 11.4 Å². The van der Waals surface area contributed by atoms with Crippen LogP contribution in [-0.4, -0.2) is 23.6 Å². The van der Waals surface area contributed by atoms with Crippen LogP contribution < -0.4 is 20.9 Å². The van der Waals surface area contributed by atoms with E-state index in [0.29, 0.717) is 33.8 Å². The number of nitrogens with one attached hydrogen (secondary N) is 3. The van der Waals surface area contributed by atoms with Gasteiger partial charge >= 0.3 is 0 Å². The van der Waals surface area contributed by atoms with Gasteiger partial charge in [0, 0.05) is 46.7 Å². The first kappa shape index (κ1) is 32.8. The second-order valence-electron chi connectivity index (χ2n) is 10.4. The van der Waals surface area contributed by atoms with Gasteiger partial charge in [-0.05, 0) is 74.2 Å². The molecule has 4 nitrogen and oxygen atoms in total. The third-order valence-electron chi connectivity index (χ3n) is 6.30. The van der Waals surface area contributed by atoms with Gasteiger partial charge in [-0.3, -0.25) is 0 Å². The van der Waals surface area contributed by atoms with Crippen molar-refractivity contribution in [1.82, 2.24) is 10.6 Å². The summed E-state index contributed by atoms with van der Waals surface area (Å²) in [5.74, 6) is 0.716. The van der Waals surface area contributed by atoms with Gasteiger partial charge in [0.2, 0.25) is 0 Å². The molecular weight excluding hydrogens is 563 g/mol. The number of hydrogen-bond acceptors (Lipinski definition) is 4. The Morgan fingerprint density at radius 1 is 1.10 bits per heavy atom. The second-order valence-corrected chi connectivity index (χ2v) is 12.1. The minimum Gasteiger partial charge on any atom is -0.375 e. The monoisotopic (exact) mass is 602 g/mol. The minimum absolute atomic E-state index is 0.103. The molecule has 2 aromatic carbocycles. The maximum atomic E-state index is 6.87. The van der Waals surface area contributed by atoms with E-state index in [1.165, 1.54) is 0 Å². The lowest BCUT2D eigenvalue weighted by Crippen LogP contribution is -2.34. The summed E-state index contributed by atoms with van der Waals surface area (Å²) < 4.78 is 0. The third kappa shape index (κ3) is 9.07. The second kappa shape index (κ2) is 14.3. The molecule has 2 rings (SSSR count). The van der Waals surface area contributed by atoms with Crippen molar-refractivity contribution in [3.63, 3.8) is 0 Å². The van der Waals surface area contributed by atoms with Gasteiger partial charge in [-0.1, -0.05) is 94.1 Å². The van der Waals surface area contributed by atoms with Gasteiger partial charge in [-0.15, -0.1) is 0 Å². The summed E-state index contributed by atoms with van der Waals surface area (Å²) in [6, 6.07) is 11.7. The first-order valence-corrected chi connectivity index (χ1v) is 14.5. The average Bonchev–Trinajstić information content (AvgIpc) is 2.87. The highest BCUT2D eigenvalue weighted by atomic mass is 35.5. The Hall–Kier alpha value is -2.38. The molecule has 0 aliphatic heterocycles. The summed E-state index contributed by atoms with van der Waals surface area (Å²) in [6.45, 7) is 19.3. The Balaban J connectivity index is 2.21. The fourth-order valence-electron chi connectivity index (χ4n) is 3.81. The Labute approximate surface area is 255 Å². The lowest BCUT2D eigenvalue weighted by molar-refractivity contribution is 0.579. The summed E-state index contributed by atoms with van der Waals surface area (Å²) in [5.41, 5.74) is 6.73. The summed E-state index contributed by atoms with van der Waals surface area (Å²) >= 11 is 24.2. The molecule has 0 unspecified atom stereocenters. The smallest absolute Gasteiger partial charge is 0.111 e. The molecule has 0 radical (unpaired) electrons. The molecule has 0 spiro atoms. The highest BCUT2D eigenvalue weighted by molar-refractivity contribution is 7.81. The van der Waals surface area contributed by atoms with Gasteiger partial charge in [0.05, 0.1) is 10.0 Å². The Morgan fingerprint density at radius 2 is 1.77 bits per heavy atom. The predicted molar refractivity (Wildman–Crippen MR) is 180 cm³/mol. The van der Waals surface area contributed by atoms with Crippen LogP contribution in [0.2, 0.25) is 5.02 Å². The number of allylic oxidation sites excluding steroid dienone is 2. The number of hydrogen-bond donors (Lipinski definition) is 3. The van der Waals surface area contributed by atoms with Crippen LogP contribution in [0.15, 0.2) is 71.2 Å².